The zero-order valence-electron chi connectivity index (χ0n) is 22.0. The van der Waals surface area contributed by atoms with Crippen LogP contribution in [-0.4, -0.2) is 48.3 Å². The first-order valence-electron chi connectivity index (χ1n) is 13.3. The number of amides is 2. The number of hydrogen-bond acceptors (Lipinski definition) is 5. The zero-order chi connectivity index (χ0) is 28.5. The van der Waals surface area contributed by atoms with Gasteiger partial charge in [0.1, 0.15) is 11.5 Å². The van der Waals surface area contributed by atoms with Crippen molar-refractivity contribution in [2.45, 2.75) is 5.92 Å². The highest BCUT2D eigenvalue weighted by molar-refractivity contribution is 9.10. The summed E-state index contributed by atoms with van der Waals surface area (Å²) in [7, 11) is 0. The Morgan fingerprint density at radius 1 is 0.683 bits per heavy atom. The van der Waals surface area contributed by atoms with Crippen LogP contribution in [0, 0.1) is 0 Å². The number of benzene rings is 5. The van der Waals surface area contributed by atoms with E-state index in [1.165, 1.54) is 0 Å². The Balaban J connectivity index is 1.54. The molecule has 0 fully saturated rings. The molecule has 1 heterocycles. The van der Waals surface area contributed by atoms with Gasteiger partial charge < -0.3 is 25.6 Å². The average Bonchev–Trinajstić information content (AvgIpc) is 3.01. The summed E-state index contributed by atoms with van der Waals surface area (Å²) in [5.74, 6) is 0.825. The largest absolute Gasteiger partial charge is 0.457 e. The molecule has 0 saturated carbocycles. The fourth-order valence-corrected chi connectivity index (χ4v) is 5.78. The predicted octanol–water partition coefficient (Wildman–Crippen LogP) is 5.49. The van der Waals surface area contributed by atoms with E-state index in [0.29, 0.717) is 11.1 Å². The van der Waals surface area contributed by atoms with Crippen LogP contribution in [0.5, 0.6) is 11.5 Å². The fraction of sp³-hybridized carbons (Fsp3) is 0.152. The van der Waals surface area contributed by atoms with Crippen LogP contribution < -0.4 is 15.4 Å². The van der Waals surface area contributed by atoms with Gasteiger partial charge in [0.2, 0.25) is 0 Å². The lowest BCUT2D eigenvalue weighted by Crippen LogP contribution is -2.26. The Labute approximate surface area is 244 Å². The van der Waals surface area contributed by atoms with Crippen molar-refractivity contribution in [2.24, 2.45) is 0 Å². The smallest absolute Gasteiger partial charge is 0.251 e. The fourth-order valence-electron chi connectivity index (χ4n) is 5.52. The molecule has 0 spiro atoms. The zero-order valence-corrected chi connectivity index (χ0v) is 23.6. The summed E-state index contributed by atoms with van der Waals surface area (Å²) in [6.45, 7) is 0.132. The lowest BCUT2D eigenvalue weighted by Gasteiger charge is -2.31. The summed E-state index contributed by atoms with van der Waals surface area (Å²) in [6.07, 6.45) is 0. The van der Waals surface area contributed by atoms with Gasteiger partial charge in [0.25, 0.3) is 11.8 Å². The molecule has 0 radical (unpaired) electrons. The molecule has 0 atom stereocenters. The molecule has 2 amide bonds. The monoisotopic (exact) mass is 610 g/mol. The van der Waals surface area contributed by atoms with Crippen molar-refractivity contribution in [3.05, 3.63) is 117 Å². The molecule has 0 bridgehead atoms. The number of ether oxygens (including phenoxy) is 1. The number of hydrogen-bond donors (Lipinski definition) is 4. The number of aliphatic hydroxyl groups excluding tert-OH is 2. The highest BCUT2D eigenvalue weighted by atomic mass is 79.9. The minimum Gasteiger partial charge on any atom is -0.457 e. The molecule has 4 N–H and O–H groups in total. The minimum atomic E-state index is -0.241. The predicted molar refractivity (Wildman–Crippen MR) is 162 cm³/mol. The number of carbonyl (C=O) groups is 2. The first kappa shape index (κ1) is 27.0. The first-order valence-corrected chi connectivity index (χ1v) is 14.1. The molecule has 1 aliphatic rings. The second-order valence-electron chi connectivity index (χ2n) is 9.87. The highest BCUT2D eigenvalue weighted by Gasteiger charge is 2.32. The molecule has 8 heteroatoms. The highest BCUT2D eigenvalue weighted by Crippen LogP contribution is 2.52. The molecule has 41 heavy (non-hydrogen) atoms. The number of fused-ring (bicyclic) bond motifs is 6. The van der Waals surface area contributed by atoms with Gasteiger partial charge in [-0.1, -0.05) is 52.3 Å². The molecule has 1 aliphatic heterocycles. The molecule has 7 nitrogen and oxygen atoms in total. The summed E-state index contributed by atoms with van der Waals surface area (Å²) in [4.78, 5) is 25.2. The van der Waals surface area contributed by atoms with Crippen molar-refractivity contribution in [3.63, 3.8) is 0 Å². The molecule has 206 valence electrons. The number of carbonyl (C=O) groups excluding carboxylic acids is 2. The van der Waals surface area contributed by atoms with Crippen LogP contribution in [-0.2, 0) is 0 Å². The molecule has 6 rings (SSSR count). The average molecular weight is 611 g/mol. The molecule has 0 aliphatic carbocycles. The molecule has 0 aromatic heterocycles. The van der Waals surface area contributed by atoms with Crippen molar-refractivity contribution in [1.29, 1.82) is 0 Å². The Morgan fingerprint density at radius 2 is 1.17 bits per heavy atom. The number of nitrogens with one attached hydrogen (secondary N) is 2. The van der Waals surface area contributed by atoms with E-state index in [9.17, 15) is 9.59 Å². The first-order chi connectivity index (χ1) is 20.0. The Bertz CT molecular complexity index is 1690. The van der Waals surface area contributed by atoms with Crippen LogP contribution in [0.25, 0.3) is 21.5 Å². The van der Waals surface area contributed by atoms with Crippen LogP contribution >= 0.6 is 15.9 Å². The standard InChI is InChI=1S/C33H27BrN2O5/c34-24-7-1-19(2-8-24)29-30-25-9-3-22(32(39)35-13-15-37)17-20(25)5-11-27(30)41-28-12-6-21-18-23(33(40)36-14-16-38)4-10-26(21)31(28)29/h1-12,17-18,29,37-38H,13-16H2,(H,35,39)(H,36,40). The molecule has 0 unspecified atom stereocenters. The topological polar surface area (TPSA) is 108 Å². The van der Waals surface area contributed by atoms with Crippen molar-refractivity contribution in [1.82, 2.24) is 10.6 Å². The van der Waals surface area contributed by atoms with Gasteiger partial charge in [-0.15, -0.1) is 0 Å². The number of halogens is 1. The normalized spacial score (nSPS) is 12.5. The van der Waals surface area contributed by atoms with Gasteiger partial charge in [0, 0.05) is 45.7 Å². The molecular weight excluding hydrogens is 584 g/mol. The SMILES string of the molecule is O=C(NCCO)c1ccc2c3c(ccc2c1)Oc1ccc2cc(C(=O)NCCO)ccc2c1C3c1ccc(Br)cc1. The second kappa shape index (κ2) is 11.3. The van der Waals surface area contributed by atoms with E-state index in [4.69, 9.17) is 14.9 Å². The molecule has 5 aromatic carbocycles. The lowest BCUT2D eigenvalue weighted by atomic mass is 9.78. The van der Waals surface area contributed by atoms with E-state index in [0.717, 1.165) is 54.2 Å². The summed E-state index contributed by atoms with van der Waals surface area (Å²) >= 11 is 3.56. The van der Waals surface area contributed by atoms with Crippen molar-refractivity contribution in [3.8, 4) is 11.5 Å². The van der Waals surface area contributed by atoms with E-state index >= 15 is 0 Å². The van der Waals surface area contributed by atoms with E-state index in [1.54, 1.807) is 12.1 Å². The summed E-state index contributed by atoms with van der Waals surface area (Å²) in [5, 5.41) is 27.4. The quantitative estimate of drug-likeness (QED) is 0.191. The summed E-state index contributed by atoms with van der Waals surface area (Å²) < 4.78 is 7.48. The number of rotatable bonds is 7. The van der Waals surface area contributed by atoms with E-state index in [2.05, 4.69) is 38.7 Å². The third-order valence-corrected chi connectivity index (χ3v) is 7.89. The Hall–Kier alpha value is -4.24. The third kappa shape index (κ3) is 5.06. The van der Waals surface area contributed by atoms with Crippen LogP contribution in [0.1, 0.15) is 43.3 Å². The minimum absolute atomic E-state index is 0.124. The van der Waals surface area contributed by atoms with Crippen LogP contribution in [0.4, 0.5) is 0 Å². The second-order valence-corrected chi connectivity index (χ2v) is 10.8. The maximum atomic E-state index is 12.6. The van der Waals surface area contributed by atoms with Gasteiger partial charge in [0.15, 0.2) is 0 Å². The van der Waals surface area contributed by atoms with Gasteiger partial charge in [-0.25, -0.2) is 0 Å². The van der Waals surface area contributed by atoms with Gasteiger partial charge in [-0.2, -0.15) is 0 Å². The van der Waals surface area contributed by atoms with Gasteiger partial charge >= 0.3 is 0 Å². The molecular formula is C33H27BrN2O5. The van der Waals surface area contributed by atoms with Crippen LogP contribution in [0.3, 0.4) is 0 Å². The summed E-state index contributed by atoms with van der Waals surface area (Å²) in [6, 6.07) is 27.3. The maximum absolute atomic E-state index is 12.6. The Kier molecular flexibility index (Phi) is 7.45. The van der Waals surface area contributed by atoms with Gasteiger partial charge in [-0.3, -0.25) is 9.59 Å². The Morgan fingerprint density at radius 3 is 1.63 bits per heavy atom. The molecule has 0 saturated heterocycles. The van der Waals surface area contributed by atoms with E-state index in [1.807, 2.05) is 60.7 Å². The molecule has 5 aromatic rings. The maximum Gasteiger partial charge on any atom is 0.251 e. The van der Waals surface area contributed by atoms with Crippen molar-refractivity contribution in [2.75, 3.05) is 26.3 Å². The van der Waals surface area contributed by atoms with Gasteiger partial charge in [-0.05, 0) is 75.6 Å². The number of aliphatic hydroxyl groups is 2. The van der Waals surface area contributed by atoms with Crippen LogP contribution in [0.2, 0.25) is 0 Å². The summed E-state index contributed by atoms with van der Waals surface area (Å²) in [5.41, 5.74) is 4.10. The van der Waals surface area contributed by atoms with Crippen molar-refractivity contribution >= 4 is 49.3 Å². The van der Waals surface area contributed by atoms with E-state index < -0.39 is 0 Å². The van der Waals surface area contributed by atoms with Crippen LogP contribution in [0.15, 0.2) is 89.4 Å². The van der Waals surface area contributed by atoms with Crippen molar-refractivity contribution < 1.29 is 24.5 Å². The lowest BCUT2D eigenvalue weighted by molar-refractivity contribution is 0.0937. The third-order valence-electron chi connectivity index (χ3n) is 7.36. The van der Waals surface area contributed by atoms with Gasteiger partial charge in [0.05, 0.1) is 13.2 Å². The van der Waals surface area contributed by atoms with E-state index in [-0.39, 0.29) is 44.0 Å².